The number of anilines is 2. The maximum Gasteiger partial charge on any atom is 0.298 e. The molecule has 4 heterocycles. The lowest BCUT2D eigenvalue weighted by Gasteiger charge is -2.25. The molecule has 1 aliphatic carbocycles. The number of halogens is 1. The van der Waals surface area contributed by atoms with Crippen molar-refractivity contribution < 1.29 is 13.5 Å². The quantitative estimate of drug-likeness (QED) is 0.447. The van der Waals surface area contributed by atoms with E-state index >= 15 is 0 Å². The lowest BCUT2D eigenvalue weighted by Crippen LogP contribution is -2.36. The van der Waals surface area contributed by atoms with E-state index in [1.807, 2.05) is 30.1 Å². The maximum absolute atomic E-state index is 14.3. The van der Waals surface area contributed by atoms with E-state index in [2.05, 4.69) is 19.9 Å². The highest BCUT2D eigenvalue weighted by Gasteiger charge is 2.59. The molecule has 0 spiro atoms. The summed E-state index contributed by atoms with van der Waals surface area (Å²) in [4.78, 5) is 29.9. The number of pyridine rings is 1. The van der Waals surface area contributed by atoms with E-state index < -0.39 is 5.82 Å². The number of oxazole rings is 1. The third-order valence-electron chi connectivity index (χ3n) is 6.93. The third kappa shape index (κ3) is 3.20. The number of fused-ring (bicyclic) bond motifs is 2. The van der Waals surface area contributed by atoms with E-state index in [0.29, 0.717) is 29.5 Å². The van der Waals surface area contributed by atoms with Crippen molar-refractivity contribution >= 4 is 23.1 Å². The van der Waals surface area contributed by atoms with Gasteiger partial charge in [0, 0.05) is 69.0 Å². The van der Waals surface area contributed by atoms with Crippen LogP contribution in [0, 0.1) is 17.7 Å². The van der Waals surface area contributed by atoms with Crippen LogP contribution in [0.25, 0.3) is 22.4 Å². The van der Waals surface area contributed by atoms with Gasteiger partial charge in [0.05, 0.1) is 19.0 Å². The molecular formula is C24H23FN6O3. The van der Waals surface area contributed by atoms with Crippen LogP contribution in [-0.4, -0.2) is 52.8 Å². The first-order chi connectivity index (χ1) is 16.4. The molecule has 174 valence electrons. The van der Waals surface area contributed by atoms with Crippen molar-refractivity contribution in [2.75, 3.05) is 37.0 Å². The molecule has 6 rings (SSSR count). The number of hydrogen-bond donors (Lipinski definition) is 0. The fourth-order valence-electron chi connectivity index (χ4n) is 5.08. The number of aromatic nitrogens is 4. The van der Waals surface area contributed by atoms with E-state index in [9.17, 15) is 9.18 Å². The number of methoxy groups -OCH3 is 1. The number of rotatable bonds is 5. The molecule has 3 atom stereocenters. The van der Waals surface area contributed by atoms with Crippen LogP contribution in [0.1, 0.15) is 0 Å². The van der Waals surface area contributed by atoms with Crippen molar-refractivity contribution in [1.82, 2.24) is 19.5 Å². The van der Waals surface area contributed by atoms with Gasteiger partial charge in [-0.25, -0.2) is 9.37 Å². The first-order valence-corrected chi connectivity index (χ1v) is 11.0. The van der Waals surface area contributed by atoms with Crippen molar-refractivity contribution in [3.05, 3.63) is 58.9 Å². The van der Waals surface area contributed by atoms with Gasteiger partial charge < -0.3 is 19.0 Å². The highest BCUT2D eigenvalue weighted by atomic mass is 19.1. The van der Waals surface area contributed by atoms with Crippen molar-refractivity contribution in [2.45, 2.75) is 6.04 Å². The molecule has 0 bridgehead atoms. The Labute approximate surface area is 194 Å². The highest BCUT2D eigenvalue weighted by Crippen LogP contribution is 2.50. The number of benzene rings is 1. The zero-order chi connectivity index (χ0) is 23.6. The van der Waals surface area contributed by atoms with E-state index in [-0.39, 0.29) is 17.2 Å². The van der Waals surface area contributed by atoms with E-state index in [1.165, 1.54) is 22.9 Å². The van der Waals surface area contributed by atoms with E-state index in [0.717, 1.165) is 36.1 Å². The molecule has 34 heavy (non-hydrogen) atoms. The van der Waals surface area contributed by atoms with Crippen LogP contribution < -0.4 is 20.1 Å². The zero-order valence-electron chi connectivity index (χ0n) is 19.0. The molecule has 3 aromatic heterocycles. The molecule has 2 aliphatic rings. The molecule has 10 heteroatoms. The van der Waals surface area contributed by atoms with Gasteiger partial charge in [0.25, 0.3) is 11.6 Å². The molecule has 9 nitrogen and oxygen atoms in total. The summed E-state index contributed by atoms with van der Waals surface area (Å²) >= 11 is 0. The van der Waals surface area contributed by atoms with Gasteiger partial charge in [-0.1, -0.05) is 0 Å². The van der Waals surface area contributed by atoms with Gasteiger partial charge in [-0.05, 0) is 18.2 Å². The first-order valence-electron chi connectivity index (χ1n) is 11.0. The second kappa shape index (κ2) is 7.54. The van der Waals surface area contributed by atoms with Crippen molar-refractivity contribution in [3.63, 3.8) is 0 Å². The topological polar surface area (TPSA) is 89.5 Å². The maximum atomic E-state index is 14.3. The van der Waals surface area contributed by atoms with Crippen LogP contribution in [0.4, 0.5) is 16.4 Å². The summed E-state index contributed by atoms with van der Waals surface area (Å²) in [7, 11) is 5.25. The van der Waals surface area contributed by atoms with Gasteiger partial charge in [-0.15, -0.1) is 0 Å². The molecule has 1 aliphatic heterocycles. The van der Waals surface area contributed by atoms with Gasteiger partial charge in [0.15, 0.2) is 11.4 Å². The fourth-order valence-corrected chi connectivity index (χ4v) is 5.08. The Morgan fingerprint density at radius 2 is 1.97 bits per heavy atom. The average molecular weight is 462 g/mol. The minimum Gasteiger partial charge on any atom is -0.497 e. The monoisotopic (exact) mass is 462 g/mol. The Morgan fingerprint density at radius 3 is 2.71 bits per heavy atom. The number of piperidine rings is 1. The SMILES string of the molecule is COc1ccc2oc(N3C[C@@H]4C(N(C)c5nc(-c6ccncc6F)cc(=O)n5C)[C@@H]4C3)nc2c1. The molecule has 1 saturated carbocycles. The molecule has 1 saturated heterocycles. The summed E-state index contributed by atoms with van der Waals surface area (Å²) in [5.41, 5.74) is 1.82. The van der Waals surface area contributed by atoms with Gasteiger partial charge in [-0.3, -0.25) is 14.3 Å². The fraction of sp³-hybridized carbons (Fsp3) is 0.333. The van der Waals surface area contributed by atoms with E-state index in [4.69, 9.17) is 9.15 Å². The van der Waals surface area contributed by atoms with E-state index in [1.54, 1.807) is 14.2 Å². The van der Waals surface area contributed by atoms with Crippen molar-refractivity contribution in [2.24, 2.45) is 18.9 Å². The molecular weight excluding hydrogens is 439 g/mol. The number of hydrogen-bond acceptors (Lipinski definition) is 8. The van der Waals surface area contributed by atoms with Crippen molar-refractivity contribution in [1.29, 1.82) is 0 Å². The third-order valence-corrected chi connectivity index (χ3v) is 6.93. The molecule has 0 N–H and O–H groups in total. The number of nitrogens with zero attached hydrogens (tertiary/aromatic N) is 6. The van der Waals surface area contributed by atoms with Gasteiger partial charge >= 0.3 is 0 Å². The normalized spacial score (nSPS) is 21.1. The van der Waals surface area contributed by atoms with Gasteiger partial charge in [-0.2, -0.15) is 4.98 Å². The summed E-state index contributed by atoms with van der Waals surface area (Å²) in [5.74, 6) is 1.54. The van der Waals surface area contributed by atoms with Crippen LogP contribution in [0.3, 0.4) is 0 Å². The highest BCUT2D eigenvalue weighted by molar-refractivity contribution is 5.76. The van der Waals surface area contributed by atoms with Crippen LogP contribution in [0.2, 0.25) is 0 Å². The smallest absolute Gasteiger partial charge is 0.298 e. The van der Waals surface area contributed by atoms with Gasteiger partial charge in [0.2, 0.25) is 5.95 Å². The summed E-state index contributed by atoms with van der Waals surface area (Å²) < 4.78 is 27.0. The summed E-state index contributed by atoms with van der Waals surface area (Å²) in [6.07, 6.45) is 2.61. The van der Waals surface area contributed by atoms with Crippen LogP contribution >= 0.6 is 0 Å². The lowest BCUT2D eigenvalue weighted by atomic mass is 10.2. The largest absolute Gasteiger partial charge is 0.497 e. The second-order valence-corrected chi connectivity index (χ2v) is 8.86. The van der Waals surface area contributed by atoms with Gasteiger partial charge in [0.1, 0.15) is 11.3 Å². The number of ether oxygens (including phenoxy) is 1. The predicted octanol–water partition coefficient (Wildman–Crippen LogP) is 2.70. The summed E-state index contributed by atoms with van der Waals surface area (Å²) in [6, 6.07) is 9.30. The summed E-state index contributed by atoms with van der Waals surface area (Å²) in [5, 5.41) is 0. The Hall–Kier alpha value is -3.95. The molecule has 2 fully saturated rings. The predicted molar refractivity (Wildman–Crippen MR) is 125 cm³/mol. The molecule has 0 radical (unpaired) electrons. The van der Waals surface area contributed by atoms with Crippen LogP contribution in [0.5, 0.6) is 5.75 Å². The standard InChI is InChI=1S/C24H23FN6O3/c1-29-21(32)9-18(14-6-7-26-10-17(14)25)27-23(29)30(2)22-15-11-31(12-16(15)22)24-28-19-8-13(33-3)4-5-20(19)34-24/h4-10,15-16,22H,11-12H2,1-3H3/t15-,16+,22?. The minimum absolute atomic E-state index is 0.233. The average Bonchev–Trinajstić information content (AvgIpc) is 3.16. The molecule has 4 aromatic rings. The van der Waals surface area contributed by atoms with Crippen molar-refractivity contribution in [3.8, 4) is 17.0 Å². The Kier molecular flexibility index (Phi) is 4.58. The van der Waals surface area contributed by atoms with Crippen LogP contribution in [0.15, 0.2) is 51.9 Å². The summed E-state index contributed by atoms with van der Waals surface area (Å²) in [6.45, 7) is 1.60. The molecule has 1 aromatic carbocycles. The molecule has 0 amide bonds. The Balaban J connectivity index is 1.22. The second-order valence-electron chi connectivity index (χ2n) is 8.86. The molecule has 1 unspecified atom stereocenters. The van der Waals surface area contributed by atoms with Crippen LogP contribution in [-0.2, 0) is 7.05 Å². The Bertz CT molecular complexity index is 1450. The zero-order valence-corrected chi connectivity index (χ0v) is 19.0. The Morgan fingerprint density at radius 1 is 1.18 bits per heavy atom. The first kappa shape index (κ1) is 20.6. The lowest BCUT2D eigenvalue weighted by molar-refractivity contribution is 0.415. The minimum atomic E-state index is -0.508.